The van der Waals surface area contributed by atoms with E-state index in [2.05, 4.69) is 20.3 Å². The van der Waals surface area contributed by atoms with Crippen molar-refractivity contribution in [1.29, 1.82) is 0 Å². The molecule has 0 radical (unpaired) electrons. The van der Waals surface area contributed by atoms with Gasteiger partial charge in [-0.3, -0.25) is 0 Å². The van der Waals surface area contributed by atoms with Crippen LogP contribution in [0, 0.1) is 5.82 Å². The van der Waals surface area contributed by atoms with Gasteiger partial charge in [0.25, 0.3) is 5.92 Å². The van der Waals surface area contributed by atoms with Crippen molar-refractivity contribution in [3.8, 4) is 22.6 Å². The van der Waals surface area contributed by atoms with Gasteiger partial charge < -0.3 is 9.88 Å². The molecule has 2 heterocycles. The van der Waals surface area contributed by atoms with Crippen molar-refractivity contribution in [3.63, 3.8) is 0 Å². The molecular formula is C19H15F6N5. The van der Waals surface area contributed by atoms with E-state index >= 15 is 0 Å². The van der Waals surface area contributed by atoms with Crippen molar-refractivity contribution in [2.75, 3.05) is 5.32 Å². The molecule has 3 aromatic rings. The summed E-state index contributed by atoms with van der Waals surface area (Å²) < 4.78 is 79.4. The Kier molecular flexibility index (Phi) is 4.91. The summed E-state index contributed by atoms with van der Waals surface area (Å²) >= 11 is 0. The fourth-order valence-electron chi connectivity index (χ4n) is 3.29. The normalized spacial score (nSPS) is 16.3. The third kappa shape index (κ3) is 4.39. The molecule has 158 valence electrons. The first-order valence-electron chi connectivity index (χ1n) is 8.95. The van der Waals surface area contributed by atoms with E-state index in [1.807, 2.05) is 0 Å². The van der Waals surface area contributed by atoms with E-state index in [1.54, 1.807) is 0 Å². The first kappa shape index (κ1) is 20.2. The van der Waals surface area contributed by atoms with E-state index < -0.39 is 30.5 Å². The maximum Gasteiger partial charge on any atom is 0.406 e. The van der Waals surface area contributed by atoms with E-state index in [0.717, 1.165) is 10.9 Å². The lowest BCUT2D eigenvalue weighted by molar-refractivity contribution is -0.140. The van der Waals surface area contributed by atoms with Crippen LogP contribution in [0.4, 0.5) is 32.3 Å². The highest BCUT2D eigenvalue weighted by Gasteiger charge is 2.45. The second-order valence-electron chi connectivity index (χ2n) is 7.06. The van der Waals surface area contributed by atoms with Crippen molar-refractivity contribution in [3.05, 3.63) is 48.7 Å². The zero-order valence-electron chi connectivity index (χ0n) is 15.3. The van der Waals surface area contributed by atoms with Gasteiger partial charge in [-0.05, 0) is 30.3 Å². The van der Waals surface area contributed by atoms with Crippen molar-refractivity contribution in [2.45, 2.75) is 37.5 Å². The molecule has 0 amide bonds. The van der Waals surface area contributed by atoms with Gasteiger partial charge in [0, 0.05) is 30.6 Å². The quantitative estimate of drug-likeness (QED) is 0.588. The average molecular weight is 427 g/mol. The molecule has 1 aromatic carbocycles. The summed E-state index contributed by atoms with van der Waals surface area (Å²) in [6.07, 6.45) is -2.90. The van der Waals surface area contributed by atoms with Crippen LogP contribution in [0.3, 0.4) is 0 Å². The van der Waals surface area contributed by atoms with Crippen LogP contribution >= 0.6 is 0 Å². The summed E-state index contributed by atoms with van der Waals surface area (Å²) in [5.41, 5.74) is 0.765. The molecule has 1 saturated carbocycles. The van der Waals surface area contributed by atoms with Crippen LogP contribution in [-0.2, 0) is 6.54 Å². The fraction of sp³-hybridized carbons (Fsp3) is 0.316. The summed E-state index contributed by atoms with van der Waals surface area (Å²) in [5.74, 6) is -3.21. The molecule has 4 rings (SSSR count). The number of hydrogen-bond acceptors (Lipinski definition) is 4. The zero-order valence-corrected chi connectivity index (χ0v) is 15.3. The SMILES string of the molecule is Fc1ccc(-c2ncn(CC(F)(F)F)c2-c2ccnc(NC3CC(F)(F)C3)n2)cc1. The van der Waals surface area contributed by atoms with Crippen molar-refractivity contribution in [2.24, 2.45) is 0 Å². The molecule has 0 saturated heterocycles. The van der Waals surface area contributed by atoms with E-state index in [0.29, 0.717) is 5.56 Å². The van der Waals surface area contributed by atoms with Crippen LogP contribution < -0.4 is 5.32 Å². The monoisotopic (exact) mass is 427 g/mol. The van der Waals surface area contributed by atoms with Crippen molar-refractivity contribution in [1.82, 2.24) is 19.5 Å². The van der Waals surface area contributed by atoms with Gasteiger partial charge in [-0.2, -0.15) is 13.2 Å². The highest BCUT2D eigenvalue weighted by atomic mass is 19.4. The molecule has 0 bridgehead atoms. The van der Waals surface area contributed by atoms with Crippen LogP contribution in [-0.4, -0.2) is 37.7 Å². The maximum atomic E-state index is 13.3. The van der Waals surface area contributed by atoms with Gasteiger partial charge in [-0.1, -0.05) is 0 Å². The largest absolute Gasteiger partial charge is 0.406 e. The minimum absolute atomic E-state index is 0.0258. The van der Waals surface area contributed by atoms with Crippen LogP contribution in [0.2, 0.25) is 0 Å². The van der Waals surface area contributed by atoms with Gasteiger partial charge in [0.05, 0.1) is 23.4 Å². The number of nitrogens with one attached hydrogen (secondary N) is 1. The lowest BCUT2D eigenvalue weighted by Gasteiger charge is -2.35. The predicted octanol–water partition coefficient (Wildman–Crippen LogP) is 4.92. The first-order valence-corrected chi connectivity index (χ1v) is 8.95. The molecule has 30 heavy (non-hydrogen) atoms. The van der Waals surface area contributed by atoms with Gasteiger partial charge in [0.15, 0.2) is 0 Å². The number of imidazole rings is 1. The fourth-order valence-corrected chi connectivity index (χ4v) is 3.29. The summed E-state index contributed by atoms with van der Waals surface area (Å²) in [4.78, 5) is 12.3. The number of alkyl halides is 5. The molecule has 1 aliphatic rings. The highest BCUT2D eigenvalue weighted by molar-refractivity contribution is 5.77. The molecule has 0 aliphatic heterocycles. The minimum atomic E-state index is -4.51. The Bertz CT molecular complexity index is 1040. The van der Waals surface area contributed by atoms with Crippen LogP contribution in [0.15, 0.2) is 42.9 Å². The molecule has 1 N–H and O–H groups in total. The lowest BCUT2D eigenvalue weighted by atomic mass is 9.88. The maximum absolute atomic E-state index is 13.3. The number of nitrogens with zero attached hydrogens (tertiary/aromatic N) is 4. The predicted molar refractivity (Wildman–Crippen MR) is 96.3 cm³/mol. The molecular weight excluding hydrogens is 412 g/mol. The molecule has 0 atom stereocenters. The topological polar surface area (TPSA) is 55.6 Å². The smallest absolute Gasteiger partial charge is 0.351 e. The Morgan fingerprint density at radius 2 is 1.77 bits per heavy atom. The lowest BCUT2D eigenvalue weighted by Crippen LogP contribution is -2.44. The number of halogens is 6. The van der Waals surface area contributed by atoms with Crippen LogP contribution in [0.1, 0.15) is 12.8 Å². The number of hydrogen-bond donors (Lipinski definition) is 1. The Balaban J connectivity index is 1.72. The molecule has 0 spiro atoms. The standard InChI is InChI=1S/C19H15F6N5/c20-12-3-1-11(2-4-12)15-16(30(10-27-15)9-19(23,24)25)14-5-6-26-17(29-14)28-13-7-18(21,22)8-13/h1-6,10,13H,7-9H2,(H,26,28,29). The summed E-state index contributed by atoms with van der Waals surface area (Å²) in [5, 5.41) is 2.77. The molecule has 2 aromatic heterocycles. The zero-order chi connectivity index (χ0) is 21.5. The second-order valence-corrected chi connectivity index (χ2v) is 7.06. The Morgan fingerprint density at radius 1 is 1.07 bits per heavy atom. The molecule has 1 fully saturated rings. The molecule has 0 unspecified atom stereocenters. The van der Waals surface area contributed by atoms with E-state index in [1.165, 1.54) is 36.5 Å². The Hall–Kier alpha value is -3.11. The third-order valence-electron chi connectivity index (χ3n) is 4.63. The number of anilines is 1. The van der Waals surface area contributed by atoms with Gasteiger partial charge in [-0.25, -0.2) is 28.1 Å². The average Bonchev–Trinajstić information content (AvgIpc) is 3.02. The van der Waals surface area contributed by atoms with Gasteiger partial charge >= 0.3 is 6.18 Å². The van der Waals surface area contributed by atoms with E-state index in [4.69, 9.17) is 0 Å². The Morgan fingerprint density at radius 3 is 2.40 bits per heavy atom. The Labute approximate surface area is 166 Å². The van der Waals surface area contributed by atoms with Gasteiger partial charge in [-0.15, -0.1) is 0 Å². The van der Waals surface area contributed by atoms with E-state index in [-0.39, 0.29) is 35.9 Å². The number of benzene rings is 1. The second kappa shape index (κ2) is 7.29. The summed E-state index contributed by atoms with van der Waals surface area (Å²) in [6.45, 7) is -1.31. The van der Waals surface area contributed by atoms with Crippen molar-refractivity contribution >= 4 is 5.95 Å². The number of aromatic nitrogens is 4. The summed E-state index contributed by atoms with van der Waals surface area (Å²) in [6, 6.07) is 6.02. The minimum Gasteiger partial charge on any atom is -0.351 e. The molecule has 5 nitrogen and oxygen atoms in total. The summed E-state index contributed by atoms with van der Waals surface area (Å²) in [7, 11) is 0. The molecule has 1 aliphatic carbocycles. The molecule has 11 heteroatoms. The number of rotatable bonds is 5. The van der Waals surface area contributed by atoms with Gasteiger partial charge in [0.2, 0.25) is 5.95 Å². The van der Waals surface area contributed by atoms with Gasteiger partial charge in [0.1, 0.15) is 12.4 Å². The van der Waals surface area contributed by atoms with Crippen LogP contribution in [0.5, 0.6) is 0 Å². The van der Waals surface area contributed by atoms with Crippen molar-refractivity contribution < 1.29 is 26.3 Å². The first-order chi connectivity index (χ1) is 14.1. The van der Waals surface area contributed by atoms with E-state index in [9.17, 15) is 26.3 Å². The van der Waals surface area contributed by atoms with Crippen LogP contribution in [0.25, 0.3) is 22.6 Å². The highest BCUT2D eigenvalue weighted by Crippen LogP contribution is 2.39. The third-order valence-corrected chi connectivity index (χ3v) is 4.63.